The molecule has 1 N–H and O–H groups in total. The van der Waals surface area contributed by atoms with Gasteiger partial charge >= 0.3 is 13.8 Å². The van der Waals surface area contributed by atoms with Crippen LogP contribution in [0.5, 0.6) is 0 Å². The summed E-state index contributed by atoms with van der Waals surface area (Å²) in [5, 5.41) is 0. The normalized spacial score (nSPS) is 14.6. The molecule has 0 aromatic rings. The van der Waals surface area contributed by atoms with Crippen LogP contribution in [0.15, 0.2) is 72.9 Å². The van der Waals surface area contributed by atoms with Gasteiger partial charge in [0.25, 0.3) is 0 Å². The van der Waals surface area contributed by atoms with Crippen LogP contribution in [0.1, 0.15) is 142 Å². The van der Waals surface area contributed by atoms with E-state index in [2.05, 4.69) is 86.8 Å². The van der Waals surface area contributed by atoms with Crippen LogP contribution in [0, 0.1) is 0 Å². The number of phosphoric ester groups is 1. The molecule has 0 amide bonds. The van der Waals surface area contributed by atoms with Gasteiger partial charge in [-0.1, -0.05) is 132 Å². The van der Waals surface area contributed by atoms with Gasteiger partial charge in [0.1, 0.15) is 19.3 Å². The van der Waals surface area contributed by atoms with Crippen LogP contribution in [0.2, 0.25) is 0 Å². The van der Waals surface area contributed by atoms with E-state index in [0.29, 0.717) is 24.1 Å². The van der Waals surface area contributed by atoms with Crippen molar-refractivity contribution in [1.29, 1.82) is 0 Å². The zero-order chi connectivity index (χ0) is 39.1. The van der Waals surface area contributed by atoms with E-state index in [4.69, 9.17) is 18.5 Å². The van der Waals surface area contributed by atoms with Crippen LogP contribution >= 0.6 is 7.82 Å². The Labute approximate surface area is 325 Å². The molecule has 0 spiro atoms. The van der Waals surface area contributed by atoms with E-state index in [0.717, 1.165) is 96.3 Å². The van der Waals surface area contributed by atoms with Crippen molar-refractivity contribution in [2.75, 3.05) is 54.1 Å². The fourth-order valence-electron chi connectivity index (χ4n) is 5.05. The molecule has 0 aliphatic carbocycles. The van der Waals surface area contributed by atoms with Gasteiger partial charge in [-0.25, -0.2) is 4.57 Å². The number of phosphoric acid groups is 1. The minimum absolute atomic E-state index is 0.0773. The van der Waals surface area contributed by atoms with Gasteiger partial charge < -0.3 is 18.9 Å². The predicted octanol–water partition coefficient (Wildman–Crippen LogP) is 11.9. The number of rotatable bonds is 37. The Morgan fingerprint density at radius 2 is 1.09 bits per heavy atom. The number of esters is 1. The maximum Gasteiger partial charge on any atom is 0.472 e. The van der Waals surface area contributed by atoms with Gasteiger partial charge in [0.05, 0.1) is 34.4 Å². The molecule has 0 aromatic heterocycles. The molecule has 0 fully saturated rings. The third kappa shape index (κ3) is 41.0. The molecule has 0 saturated carbocycles. The summed E-state index contributed by atoms with van der Waals surface area (Å²) in [4.78, 5) is 22.8. The highest BCUT2D eigenvalue weighted by molar-refractivity contribution is 7.47. The first-order valence-corrected chi connectivity index (χ1v) is 22.2. The van der Waals surface area contributed by atoms with E-state index in [1.54, 1.807) is 0 Å². The lowest BCUT2D eigenvalue weighted by molar-refractivity contribution is -0.870. The van der Waals surface area contributed by atoms with E-state index in [1.807, 2.05) is 21.1 Å². The molecular formula is C44H79NO7P+. The Balaban J connectivity index is 4.35. The summed E-state index contributed by atoms with van der Waals surface area (Å²) in [5.74, 6) is -0.345. The Morgan fingerprint density at radius 1 is 0.604 bits per heavy atom. The van der Waals surface area contributed by atoms with Gasteiger partial charge in [-0.15, -0.1) is 0 Å². The van der Waals surface area contributed by atoms with Crippen LogP contribution in [0.3, 0.4) is 0 Å². The lowest BCUT2D eigenvalue weighted by Gasteiger charge is -2.24. The van der Waals surface area contributed by atoms with Crippen LogP contribution < -0.4 is 0 Å². The molecule has 2 unspecified atom stereocenters. The average molecular weight is 765 g/mol. The fourth-order valence-corrected chi connectivity index (χ4v) is 5.79. The average Bonchev–Trinajstić information content (AvgIpc) is 3.11. The second-order valence-electron chi connectivity index (χ2n) is 14.6. The molecule has 0 aliphatic rings. The summed E-state index contributed by atoms with van der Waals surface area (Å²) in [5.41, 5.74) is 0. The van der Waals surface area contributed by atoms with Crippen LogP contribution in [0.25, 0.3) is 0 Å². The number of hydrogen-bond donors (Lipinski definition) is 1. The molecule has 0 aliphatic heterocycles. The molecule has 0 rings (SSSR count). The summed E-state index contributed by atoms with van der Waals surface area (Å²) < 4.78 is 34.9. The first kappa shape index (κ1) is 50.9. The summed E-state index contributed by atoms with van der Waals surface area (Å²) >= 11 is 0. The molecule has 306 valence electrons. The molecule has 53 heavy (non-hydrogen) atoms. The zero-order valence-corrected chi connectivity index (χ0v) is 35.4. The summed E-state index contributed by atoms with van der Waals surface area (Å²) in [6, 6.07) is 0. The third-order valence-electron chi connectivity index (χ3n) is 8.23. The van der Waals surface area contributed by atoms with E-state index in [9.17, 15) is 14.3 Å². The van der Waals surface area contributed by atoms with E-state index in [-0.39, 0.29) is 25.8 Å². The molecular weight excluding hydrogens is 685 g/mol. The first-order chi connectivity index (χ1) is 25.6. The number of quaternary nitrogens is 1. The fraction of sp³-hybridized carbons (Fsp3) is 0.705. The molecule has 0 bridgehead atoms. The van der Waals surface area contributed by atoms with Crippen molar-refractivity contribution in [2.45, 2.75) is 148 Å². The topological polar surface area (TPSA) is 91.3 Å². The Kier molecular flexibility index (Phi) is 35.5. The Bertz CT molecular complexity index is 1070. The molecule has 0 saturated heterocycles. The van der Waals surface area contributed by atoms with Gasteiger partial charge in [0.15, 0.2) is 0 Å². The highest BCUT2D eigenvalue weighted by Crippen LogP contribution is 2.43. The van der Waals surface area contributed by atoms with Gasteiger partial charge in [-0.05, 0) is 77.0 Å². The molecule has 0 radical (unpaired) electrons. The van der Waals surface area contributed by atoms with Crippen LogP contribution in [-0.2, 0) is 27.9 Å². The summed E-state index contributed by atoms with van der Waals surface area (Å²) in [7, 11) is 1.63. The lowest BCUT2D eigenvalue weighted by Crippen LogP contribution is -2.37. The molecule has 9 heteroatoms. The third-order valence-corrected chi connectivity index (χ3v) is 9.22. The number of carbonyl (C=O) groups is 1. The standard InChI is InChI=1S/C44H78NO7P/c1-6-8-10-12-14-16-18-20-22-23-24-25-27-29-31-33-35-37-44(46)52-43(42-51-53(47,48)50-40-38-45(3,4)5)41-49-39-36-34-32-30-28-26-21-19-17-15-13-11-9-7-2/h8,10-11,13-14,16-17,19-20,22,24-25,43H,6-7,9,12,15,18,21,23,26-42H2,1-5H3/p+1/b10-8-,13-11-,16-14-,19-17-,22-20-,25-24-. The highest BCUT2D eigenvalue weighted by atomic mass is 31.2. The Morgan fingerprint density at radius 3 is 1.64 bits per heavy atom. The second kappa shape index (κ2) is 36.9. The summed E-state index contributed by atoms with van der Waals surface area (Å²) in [6.07, 6.45) is 46.4. The van der Waals surface area contributed by atoms with Crippen LogP contribution in [-0.4, -0.2) is 75.6 Å². The van der Waals surface area contributed by atoms with Gasteiger partial charge in [-0.3, -0.25) is 13.8 Å². The van der Waals surface area contributed by atoms with Gasteiger partial charge in [-0.2, -0.15) is 0 Å². The van der Waals surface area contributed by atoms with Crippen molar-refractivity contribution < 1.29 is 37.3 Å². The maximum absolute atomic E-state index is 12.7. The van der Waals surface area contributed by atoms with E-state index in [1.165, 1.54) is 25.7 Å². The van der Waals surface area contributed by atoms with Crippen LogP contribution in [0.4, 0.5) is 0 Å². The number of nitrogens with zero attached hydrogens (tertiary/aromatic N) is 1. The number of unbranched alkanes of at least 4 members (excludes halogenated alkanes) is 11. The minimum Gasteiger partial charge on any atom is -0.457 e. The maximum atomic E-state index is 12.7. The van der Waals surface area contributed by atoms with Crippen molar-refractivity contribution in [3.05, 3.63) is 72.9 Å². The summed E-state index contributed by atoms with van der Waals surface area (Å²) in [6.45, 7) is 5.36. The number of hydrogen-bond acceptors (Lipinski definition) is 6. The molecule has 0 heterocycles. The first-order valence-electron chi connectivity index (χ1n) is 20.7. The SMILES string of the molecule is CC/C=C\C/C=C\C/C=C\C/C=C\CCCCCCC(=O)OC(COCCCCCCCC/C=C\C/C=C\CCC)COP(=O)(O)OCC[N+](C)(C)C. The molecule has 2 atom stereocenters. The van der Waals surface area contributed by atoms with Crippen molar-refractivity contribution in [2.24, 2.45) is 0 Å². The highest BCUT2D eigenvalue weighted by Gasteiger charge is 2.26. The smallest absolute Gasteiger partial charge is 0.457 e. The van der Waals surface area contributed by atoms with Gasteiger partial charge in [0, 0.05) is 13.0 Å². The zero-order valence-electron chi connectivity index (χ0n) is 34.5. The minimum atomic E-state index is -4.29. The molecule has 8 nitrogen and oxygen atoms in total. The van der Waals surface area contributed by atoms with Crippen molar-refractivity contribution >= 4 is 13.8 Å². The van der Waals surface area contributed by atoms with E-state index >= 15 is 0 Å². The van der Waals surface area contributed by atoms with E-state index < -0.39 is 13.9 Å². The van der Waals surface area contributed by atoms with Gasteiger partial charge in [0.2, 0.25) is 0 Å². The van der Waals surface area contributed by atoms with Crippen molar-refractivity contribution in [3.8, 4) is 0 Å². The number of ether oxygens (including phenoxy) is 2. The second-order valence-corrected chi connectivity index (χ2v) is 16.1. The predicted molar refractivity (Wildman–Crippen MR) is 224 cm³/mol. The number of carbonyl (C=O) groups excluding carboxylic acids is 1. The number of likely N-dealkylation sites (N-methyl/N-ethyl adjacent to an activating group) is 1. The largest absolute Gasteiger partial charge is 0.472 e. The van der Waals surface area contributed by atoms with Crippen molar-refractivity contribution in [1.82, 2.24) is 0 Å². The monoisotopic (exact) mass is 765 g/mol. The lowest BCUT2D eigenvalue weighted by atomic mass is 10.1. The Hall–Kier alpha value is -2.06. The quantitative estimate of drug-likeness (QED) is 0.0221. The van der Waals surface area contributed by atoms with Crippen molar-refractivity contribution in [3.63, 3.8) is 0 Å². The number of allylic oxidation sites excluding steroid dienone is 12. The molecule has 0 aromatic carbocycles.